The van der Waals surface area contributed by atoms with Gasteiger partial charge in [0.1, 0.15) is 11.6 Å². The van der Waals surface area contributed by atoms with Crippen LogP contribution in [0.25, 0.3) is 0 Å². The first-order valence-electron chi connectivity index (χ1n) is 9.61. The number of nitrogens with zero attached hydrogens (tertiary/aromatic N) is 1. The Morgan fingerprint density at radius 3 is 2.69 bits per heavy atom. The highest BCUT2D eigenvalue weighted by atomic mass is 32.2. The average Bonchev–Trinajstić information content (AvgIpc) is 3.12. The van der Waals surface area contributed by atoms with Gasteiger partial charge in [-0.15, -0.1) is 0 Å². The molecule has 29 heavy (non-hydrogen) atoms. The molecule has 0 saturated carbocycles. The molecule has 3 rings (SSSR count). The molecule has 1 unspecified atom stereocenters. The molecule has 0 aromatic heterocycles. The van der Waals surface area contributed by atoms with Crippen molar-refractivity contribution in [2.24, 2.45) is 0 Å². The van der Waals surface area contributed by atoms with Gasteiger partial charge in [0.15, 0.2) is 5.78 Å². The van der Waals surface area contributed by atoms with Gasteiger partial charge in [0, 0.05) is 12.1 Å². The van der Waals surface area contributed by atoms with Crippen LogP contribution in [0.2, 0.25) is 0 Å². The van der Waals surface area contributed by atoms with E-state index in [1.54, 1.807) is 24.3 Å². The number of halogens is 1. The molecule has 1 aliphatic heterocycles. The Labute approximate surface area is 170 Å². The third-order valence-corrected chi connectivity index (χ3v) is 6.34. The van der Waals surface area contributed by atoms with Crippen molar-refractivity contribution >= 4 is 15.8 Å². The number of ether oxygens (including phenoxy) is 1. The van der Waals surface area contributed by atoms with Crippen molar-refractivity contribution in [2.75, 3.05) is 19.7 Å². The quantitative estimate of drug-likeness (QED) is 0.498. The van der Waals surface area contributed by atoms with Gasteiger partial charge in [-0.3, -0.25) is 9.69 Å². The highest BCUT2D eigenvalue weighted by molar-refractivity contribution is 7.89. The summed E-state index contributed by atoms with van der Waals surface area (Å²) in [7, 11) is -3.77. The summed E-state index contributed by atoms with van der Waals surface area (Å²) in [4.78, 5) is 13.3. The van der Waals surface area contributed by atoms with E-state index in [4.69, 9.17) is 4.74 Å². The second-order valence-electron chi connectivity index (χ2n) is 7.06. The molecule has 1 saturated heterocycles. The first kappa shape index (κ1) is 21.4. The molecule has 0 spiro atoms. The Kier molecular flexibility index (Phi) is 7.00. The lowest BCUT2D eigenvalue weighted by Crippen LogP contribution is -2.44. The number of carbonyl (C=O) groups is 1. The molecule has 0 bridgehead atoms. The summed E-state index contributed by atoms with van der Waals surface area (Å²) in [5.41, 5.74) is 0.642. The number of hydrogen-bond acceptors (Lipinski definition) is 5. The van der Waals surface area contributed by atoms with Gasteiger partial charge in [-0.05, 0) is 75.2 Å². The van der Waals surface area contributed by atoms with Crippen LogP contribution in [0.15, 0.2) is 53.4 Å². The number of likely N-dealkylation sites (tertiary alicyclic amines) is 1. The normalized spacial score (nSPS) is 17.4. The molecule has 1 N–H and O–H groups in total. The zero-order chi connectivity index (χ0) is 20.9. The molecular weight excluding hydrogens is 395 g/mol. The molecule has 2 aromatic rings. The Morgan fingerprint density at radius 1 is 1.24 bits per heavy atom. The number of Topliss-reactive ketones (excluding diaryl/α,β-unsaturated/α-hetero) is 1. The fraction of sp³-hybridized carbons (Fsp3) is 0.381. The van der Waals surface area contributed by atoms with Gasteiger partial charge < -0.3 is 4.74 Å². The van der Waals surface area contributed by atoms with Crippen LogP contribution in [0.4, 0.5) is 4.39 Å². The lowest BCUT2D eigenvalue weighted by Gasteiger charge is -2.25. The minimum Gasteiger partial charge on any atom is -0.494 e. The molecule has 8 heteroatoms. The fourth-order valence-corrected chi connectivity index (χ4v) is 4.64. The predicted octanol–water partition coefficient (Wildman–Crippen LogP) is 3.20. The van der Waals surface area contributed by atoms with Gasteiger partial charge in [0.05, 0.1) is 17.7 Å². The highest BCUT2D eigenvalue weighted by Crippen LogP contribution is 2.19. The topological polar surface area (TPSA) is 75.7 Å². The van der Waals surface area contributed by atoms with Crippen molar-refractivity contribution < 1.29 is 22.3 Å². The Bertz CT molecular complexity index is 947. The van der Waals surface area contributed by atoms with E-state index in [2.05, 4.69) is 9.62 Å². The SMILES string of the molecule is CC(=O)c1ccc(OCCCN2CCCC2NS(=O)(=O)c2cccc(F)c2)cc1. The average molecular weight is 421 g/mol. The van der Waals surface area contributed by atoms with Crippen molar-refractivity contribution in [3.05, 3.63) is 59.9 Å². The monoisotopic (exact) mass is 420 g/mol. The van der Waals surface area contributed by atoms with E-state index in [1.165, 1.54) is 25.1 Å². The summed E-state index contributed by atoms with van der Waals surface area (Å²) >= 11 is 0. The van der Waals surface area contributed by atoms with E-state index < -0.39 is 15.8 Å². The van der Waals surface area contributed by atoms with Gasteiger partial charge in [-0.25, -0.2) is 12.8 Å². The van der Waals surface area contributed by atoms with Crippen molar-refractivity contribution in [2.45, 2.75) is 37.2 Å². The lowest BCUT2D eigenvalue weighted by molar-refractivity contribution is 0.101. The molecule has 1 aliphatic rings. The summed E-state index contributed by atoms with van der Waals surface area (Å²) in [6, 6.07) is 12.0. The first-order chi connectivity index (χ1) is 13.8. The number of carbonyl (C=O) groups excluding carboxylic acids is 1. The van der Waals surface area contributed by atoms with Crippen molar-refractivity contribution in [1.29, 1.82) is 0 Å². The maximum atomic E-state index is 13.4. The van der Waals surface area contributed by atoms with Crippen LogP contribution in [-0.4, -0.2) is 45.0 Å². The van der Waals surface area contributed by atoms with Crippen LogP contribution < -0.4 is 9.46 Å². The summed E-state index contributed by atoms with van der Waals surface area (Å²) in [6.45, 7) is 3.48. The molecular formula is C21H25FN2O4S. The fourth-order valence-electron chi connectivity index (χ4n) is 3.35. The first-order valence-corrected chi connectivity index (χ1v) is 11.1. The number of sulfonamides is 1. The number of nitrogens with one attached hydrogen (secondary N) is 1. The Hall–Kier alpha value is -2.29. The molecule has 1 fully saturated rings. The van der Waals surface area contributed by atoms with Gasteiger partial charge >= 0.3 is 0 Å². The molecule has 6 nitrogen and oxygen atoms in total. The van der Waals surface area contributed by atoms with Gasteiger partial charge in [-0.2, -0.15) is 4.72 Å². The minimum atomic E-state index is -3.77. The largest absolute Gasteiger partial charge is 0.494 e. The van der Waals surface area contributed by atoms with E-state index in [0.29, 0.717) is 30.9 Å². The van der Waals surface area contributed by atoms with Gasteiger partial charge in [0.2, 0.25) is 10.0 Å². The minimum absolute atomic E-state index is 0.0114. The summed E-state index contributed by atoms with van der Waals surface area (Å²) in [5.74, 6) is 0.127. The lowest BCUT2D eigenvalue weighted by atomic mass is 10.1. The maximum Gasteiger partial charge on any atom is 0.242 e. The highest BCUT2D eigenvalue weighted by Gasteiger charge is 2.29. The number of rotatable bonds is 9. The molecule has 1 atom stereocenters. The summed E-state index contributed by atoms with van der Waals surface area (Å²) < 4.78 is 46.8. The Morgan fingerprint density at radius 2 is 2.00 bits per heavy atom. The van der Waals surface area contributed by atoms with Crippen LogP contribution in [0.3, 0.4) is 0 Å². The molecule has 156 valence electrons. The summed E-state index contributed by atoms with van der Waals surface area (Å²) in [5, 5.41) is 0. The van der Waals surface area contributed by atoms with Crippen molar-refractivity contribution in [3.63, 3.8) is 0 Å². The predicted molar refractivity (Wildman–Crippen MR) is 108 cm³/mol. The molecule has 2 aromatic carbocycles. The van der Waals surface area contributed by atoms with E-state index in [-0.39, 0.29) is 16.8 Å². The molecule has 1 heterocycles. The zero-order valence-electron chi connectivity index (χ0n) is 16.3. The standard InChI is InChI=1S/C21H25FN2O4S/c1-16(25)17-8-10-19(11-9-17)28-14-4-13-24-12-3-7-21(24)23-29(26,27)20-6-2-5-18(22)15-20/h2,5-6,8-11,15,21,23H,3-4,7,12-14H2,1H3. The van der Waals surface area contributed by atoms with Crippen LogP contribution in [-0.2, 0) is 10.0 Å². The van der Waals surface area contributed by atoms with Crippen molar-refractivity contribution in [1.82, 2.24) is 9.62 Å². The van der Waals surface area contributed by atoms with Crippen LogP contribution in [0, 0.1) is 5.82 Å². The van der Waals surface area contributed by atoms with Crippen LogP contribution >= 0.6 is 0 Å². The number of benzene rings is 2. The second-order valence-corrected chi connectivity index (χ2v) is 8.77. The summed E-state index contributed by atoms with van der Waals surface area (Å²) in [6.07, 6.45) is 2.02. The molecule has 0 aliphatic carbocycles. The van der Waals surface area contributed by atoms with E-state index in [1.807, 2.05) is 0 Å². The van der Waals surface area contributed by atoms with Gasteiger partial charge in [0.25, 0.3) is 0 Å². The van der Waals surface area contributed by atoms with E-state index in [9.17, 15) is 17.6 Å². The third-order valence-electron chi connectivity index (χ3n) is 4.88. The maximum absolute atomic E-state index is 13.4. The second kappa shape index (κ2) is 9.47. The smallest absolute Gasteiger partial charge is 0.242 e. The molecule has 0 radical (unpaired) electrons. The third kappa shape index (κ3) is 5.85. The van der Waals surface area contributed by atoms with E-state index in [0.717, 1.165) is 25.5 Å². The zero-order valence-corrected chi connectivity index (χ0v) is 17.1. The van der Waals surface area contributed by atoms with Gasteiger partial charge in [-0.1, -0.05) is 6.07 Å². The van der Waals surface area contributed by atoms with Crippen LogP contribution in [0.1, 0.15) is 36.5 Å². The number of hydrogen-bond donors (Lipinski definition) is 1. The van der Waals surface area contributed by atoms with Crippen LogP contribution in [0.5, 0.6) is 5.75 Å². The Balaban J connectivity index is 1.49. The van der Waals surface area contributed by atoms with E-state index >= 15 is 0 Å². The number of ketones is 1. The molecule has 0 amide bonds. The van der Waals surface area contributed by atoms with Crippen molar-refractivity contribution in [3.8, 4) is 5.75 Å².